The van der Waals surface area contributed by atoms with Gasteiger partial charge in [0.15, 0.2) is 0 Å². The lowest BCUT2D eigenvalue weighted by Gasteiger charge is -2.12. The van der Waals surface area contributed by atoms with Gasteiger partial charge in [-0.1, -0.05) is 13.8 Å². The molecule has 1 saturated heterocycles. The number of likely N-dealkylation sites (tertiary alicyclic amines) is 1. The van der Waals surface area contributed by atoms with Crippen molar-refractivity contribution in [1.82, 2.24) is 10.2 Å². The standard InChI is InChI=1S/C13H28N2O/c1-12(2)5-8-16-9-6-14-10-13-4-7-15(3)11-13/h12-14H,4-11H2,1-3H3. The third kappa shape index (κ3) is 6.46. The first-order chi connectivity index (χ1) is 7.68. The van der Waals surface area contributed by atoms with Crippen molar-refractivity contribution >= 4 is 0 Å². The summed E-state index contributed by atoms with van der Waals surface area (Å²) in [6, 6.07) is 0. The number of nitrogens with one attached hydrogen (secondary N) is 1. The van der Waals surface area contributed by atoms with Gasteiger partial charge in [0.1, 0.15) is 0 Å². The molecule has 96 valence electrons. The summed E-state index contributed by atoms with van der Waals surface area (Å²) in [5, 5.41) is 3.48. The second-order valence-corrected chi connectivity index (χ2v) is 5.42. The Balaban J connectivity index is 1.81. The van der Waals surface area contributed by atoms with Crippen LogP contribution in [0.3, 0.4) is 0 Å². The molecule has 1 fully saturated rings. The van der Waals surface area contributed by atoms with Crippen molar-refractivity contribution in [3.05, 3.63) is 0 Å². The summed E-state index contributed by atoms with van der Waals surface area (Å²) < 4.78 is 5.56. The van der Waals surface area contributed by atoms with Gasteiger partial charge in [0.25, 0.3) is 0 Å². The highest BCUT2D eigenvalue weighted by molar-refractivity contribution is 4.74. The second-order valence-electron chi connectivity index (χ2n) is 5.42. The fraction of sp³-hybridized carbons (Fsp3) is 1.00. The molecule has 0 aromatic heterocycles. The molecule has 1 heterocycles. The van der Waals surface area contributed by atoms with Gasteiger partial charge in [-0.15, -0.1) is 0 Å². The van der Waals surface area contributed by atoms with Crippen LogP contribution in [0.2, 0.25) is 0 Å². The van der Waals surface area contributed by atoms with Gasteiger partial charge >= 0.3 is 0 Å². The topological polar surface area (TPSA) is 24.5 Å². The normalized spacial score (nSPS) is 22.1. The maximum absolute atomic E-state index is 5.56. The zero-order valence-corrected chi connectivity index (χ0v) is 11.2. The summed E-state index contributed by atoms with van der Waals surface area (Å²) in [4.78, 5) is 2.41. The molecule has 0 spiro atoms. The van der Waals surface area contributed by atoms with E-state index in [1.54, 1.807) is 0 Å². The summed E-state index contributed by atoms with van der Waals surface area (Å²) in [6.07, 6.45) is 2.52. The molecule has 0 bridgehead atoms. The van der Waals surface area contributed by atoms with Crippen molar-refractivity contribution in [2.45, 2.75) is 26.7 Å². The van der Waals surface area contributed by atoms with Gasteiger partial charge in [-0.05, 0) is 44.8 Å². The zero-order valence-electron chi connectivity index (χ0n) is 11.2. The quantitative estimate of drug-likeness (QED) is 0.639. The van der Waals surface area contributed by atoms with E-state index in [4.69, 9.17) is 4.74 Å². The van der Waals surface area contributed by atoms with Crippen LogP contribution in [0.15, 0.2) is 0 Å². The molecule has 1 unspecified atom stereocenters. The lowest BCUT2D eigenvalue weighted by molar-refractivity contribution is 0.124. The maximum Gasteiger partial charge on any atom is 0.0590 e. The van der Waals surface area contributed by atoms with E-state index in [1.807, 2.05) is 0 Å². The average molecular weight is 228 g/mol. The van der Waals surface area contributed by atoms with E-state index in [9.17, 15) is 0 Å². The Morgan fingerprint density at radius 2 is 2.19 bits per heavy atom. The van der Waals surface area contributed by atoms with Gasteiger partial charge in [-0.25, -0.2) is 0 Å². The molecule has 1 atom stereocenters. The van der Waals surface area contributed by atoms with E-state index in [1.165, 1.54) is 25.9 Å². The molecular weight excluding hydrogens is 200 g/mol. The molecule has 0 amide bonds. The Labute approximate surface area is 101 Å². The van der Waals surface area contributed by atoms with E-state index in [-0.39, 0.29) is 0 Å². The molecule has 0 radical (unpaired) electrons. The fourth-order valence-corrected chi connectivity index (χ4v) is 2.06. The predicted molar refractivity (Wildman–Crippen MR) is 68.7 cm³/mol. The van der Waals surface area contributed by atoms with Crippen molar-refractivity contribution < 1.29 is 4.74 Å². The Bertz CT molecular complexity index is 173. The predicted octanol–water partition coefficient (Wildman–Crippen LogP) is 1.59. The molecule has 0 aromatic carbocycles. The largest absolute Gasteiger partial charge is 0.380 e. The van der Waals surface area contributed by atoms with E-state index >= 15 is 0 Å². The van der Waals surface area contributed by atoms with Crippen LogP contribution in [0.25, 0.3) is 0 Å². The lowest BCUT2D eigenvalue weighted by Crippen LogP contribution is -2.28. The van der Waals surface area contributed by atoms with Crippen molar-refractivity contribution in [2.24, 2.45) is 11.8 Å². The Kier molecular flexibility index (Phi) is 7.01. The SMILES string of the molecule is CC(C)CCOCCNCC1CCN(C)C1. The summed E-state index contributed by atoms with van der Waals surface area (Å²) in [5.74, 6) is 1.60. The number of nitrogens with zero attached hydrogens (tertiary/aromatic N) is 1. The highest BCUT2D eigenvalue weighted by Gasteiger charge is 2.18. The molecule has 3 nitrogen and oxygen atoms in total. The summed E-state index contributed by atoms with van der Waals surface area (Å²) in [6.45, 7) is 10.9. The summed E-state index contributed by atoms with van der Waals surface area (Å²) in [5.41, 5.74) is 0. The smallest absolute Gasteiger partial charge is 0.0590 e. The minimum Gasteiger partial charge on any atom is -0.380 e. The van der Waals surface area contributed by atoms with Gasteiger partial charge < -0.3 is 15.0 Å². The van der Waals surface area contributed by atoms with Gasteiger partial charge in [0, 0.05) is 19.7 Å². The van der Waals surface area contributed by atoms with Crippen LogP contribution < -0.4 is 5.32 Å². The molecule has 0 saturated carbocycles. The van der Waals surface area contributed by atoms with Crippen LogP contribution in [-0.2, 0) is 4.74 Å². The number of hydrogen-bond donors (Lipinski definition) is 1. The number of ether oxygens (including phenoxy) is 1. The Hall–Kier alpha value is -0.120. The third-order valence-electron chi connectivity index (χ3n) is 3.18. The number of rotatable bonds is 8. The maximum atomic E-state index is 5.56. The van der Waals surface area contributed by atoms with Gasteiger partial charge in [0.2, 0.25) is 0 Å². The van der Waals surface area contributed by atoms with Crippen molar-refractivity contribution in [2.75, 3.05) is 46.4 Å². The van der Waals surface area contributed by atoms with Crippen molar-refractivity contribution in [1.29, 1.82) is 0 Å². The zero-order chi connectivity index (χ0) is 11.8. The first-order valence-electron chi connectivity index (χ1n) is 6.65. The van der Waals surface area contributed by atoms with Gasteiger partial charge in [0.05, 0.1) is 6.61 Å². The molecule has 16 heavy (non-hydrogen) atoms. The third-order valence-corrected chi connectivity index (χ3v) is 3.18. The second kappa shape index (κ2) is 8.04. The van der Waals surface area contributed by atoms with E-state index < -0.39 is 0 Å². The lowest BCUT2D eigenvalue weighted by atomic mass is 10.1. The van der Waals surface area contributed by atoms with E-state index in [0.29, 0.717) is 0 Å². The fourth-order valence-electron chi connectivity index (χ4n) is 2.06. The monoisotopic (exact) mass is 228 g/mol. The van der Waals surface area contributed by atoms with Crippen molar-refractivity contribution in [3.63, 3.8) is 0 Å². The Morgan fingerprint density at radius 3 is 2.81 bits per heavy atom. The van der Waals surface area contributed by atoms with Crippen LogP contribution >= 0.6 is 0 Å². The highest BCUT2D eigenvalue weighted by Crippen LogP contribution is 2.12. The van der Waals surface area contributed by atoms with Gasteiger partial charge in [-0.2, -0.15) is 0 Å². The molecule has 0 aromatic rings. The van der Waals surface area contributed by atoms with E-state index in [0.717, 1.165) is 38.1 Å². The first kappa shape index (κ1) is 13.9. The first-order valence-corrected chi connectivity index (χ1v) is 6.65. The molecular formula is C13H28N2O. The summed E-state index contributed by atoms with van der Waals surface area (Å²) in [7, 11) is 2.20. The minimum absolute atomic E-state index is 0.752. The van der Waals surface area contributed by atoms with Crippen LogP contribution in [0.5, 0.6) is 0 Å². The highest BCUT2D eigenvalue weighted by atomic mass is 16.5. The molecule has 1 N–H and O–H groups in total. The molecule has 0 aliphatic carbocycles. The van der Waals surface area contributed by atoms with Crippen LogP contribution in [0.4, 0.5) is 0 Å². The van der Waals surface area contributed by atoms with Crippen LogP contribution in [0.1, 0.15) is 26.7 Å². The molecule has 1 aliphatic heterocycles. The Morgan fingerprint density at radius 1 is 1.38 bits per heavy atom. The minimum atomic E-state index is 0.752. The van der Waals surface area contributed by atoms with Gasteiger partial charge in [-0.3, -0.25) is 0 Å². The van der Waals surface area contributed by atoms with E-state index in [2.05, 4.69) is 31.1 Å². The number of hydrogen-bond acceptors (Lipinski definition) is 3. The molecule has 1 aliphatic rings. The molecule has 1 rings (SSSR count). The van der Waals surface area contributed by atoms with Crippen LogP contribution in [-0.4, -0.2) is 51.3 Å². The summed E-state index contributed by atoms with van der Waals surface area (Å²) >= 11 is 0. The van der Waals surface area contributed by atoms with Crippen molar-refractivity contribution in [3.8, 4) is 0 Å². The molecule has 3 heteroatoms. The van der Waals surface area contributed by atoms with Crippen LogP contribution in [0, 0.1) is 11.8 Å². The average Bonchev–Trinajstić information content (AvgIpc) is 2.62.